The minimum atomic E-state index is -2.99. The van der Waals surface area contributed by atoms with Crippen LogP contribution < -0.4 is 5.73 Å². The van der Waals surface area contributed by atoms with E-state index in [4.69, 9.17) is 5.73 Å². The molecule has 1 rings (SSSR count). The highest BCUT2D eigenvalue weighted by molar-refractivity contribution is 7.91. The Labute approximate surface area is 110 Å². The maximum absolute atomic E-state index is 12.6. The van der Waals surface area contributed by atoms with E-state index in [2.05, 4.69) is 0 Å². The summed E-state index contributed by atoms with van der Waals surface area (Å²) in [6.45, 7) is 6.32. The molecule has 1 saturated heterocycles. The summed E-state index contributed by atoms with van der Waals surface area (Å²) in [4.78, 5) is 14.3. The maximum atomic E-state index is 12.6. The van der Waals surface area contributed by atoms with Crippen LogP contribution in [0.1, 0.15) is 33.6 Å². The number of carbonyl (C=O) groups excluding carboxylic acids is 1. The Morgan fingerprint density at radius 2 is 1.94 bits per heavy atom. The summed E-state index contributed by atoms with van der Waals surface area (Å²) in [5, 5.41) is 0. The van der Waals surface area contributed by atoms with E-state index in [0.29, 0.717) is 25.9 Å². The average Bonchev–Trinajstić information content (AvgIpc) is 2.30. The number of nitrogens with zero attached hydrogens (tertiary/aromatic N) is 1. The van der Waals surface area contributed by atoms with E-state index in [1.54, 1.807) is 11.8 Å². The molecular formula is C12H24N2O3S. The van der Waals surface area contributed by atoms with Crippen LogP contribution in [0.15, 0.2) is 0 Å². The number of hydrogen-bond acceptors (Lipinski definition) is 4. The van der Waals surface area contributed by atoms with E-state index in [9.17, 15) is 13.2 Å². The summed E-state index contributed by atoms with van der Waals surface area (Å²) in [5.74, 6) is 0.140. The largest absolute Gasteiger partial charge is 0.337 e. The summed E-state index contributed by atoms with van der Waals surface area (Å²) in [6, 6.07) is -0.250. The van der Waals surface area contributed by atoms with Gasteiger partial charge < -0.3 is 10.6 Å². The molecule has 0 aliphatic carbocycles. The van der Waals surface area contributed by atoms with Gasteiger partial charge in [-0.15, -0.1) is 0 Å². The van der Waals surface area contributed by atoms with Crippen molar-refractivity contribution in [2.75, 3.05) is 24.6 Å². The molecule has 0 saturated carbocycles. The molecule has 1 atom stereocenters. The van der Waals surface area contributed by atoms with Gasteiger partial charge >= 0.3 is 0 Å². The van der Waals surface area contributed by atoms with Gasteiger partial charge in [0.2, 0.25) is 5.91 Å². The fraction of sp³-hybridized carbons (Fsp3) is 0.917. The monoisotopic (exact) mass is 276 g/mol. The molecule has 0 aromatic carbocycles. The molecule has 0 aromatic rings. The van der Waals surface area contributed by atoms with Gasteiger partial charge in [-0.2, -0.15) is 0 Å². The van der Waals surface area contributed by atoms with E-state index in [1.807, 2.05) is 13.8 Å². The summed E-state index contributed by atoms with van der Waals surface area (Å²) >= 11 is 0. The van der Waals surface area contributed by atoms with E-state index in [1.165, 1.54) is 0 Å². The van der Waals surface area contributed by atoms with E-state index >= 15 is 0 Å². The lowest BCUT2D eigenvalue weighted by Gasteiger charge is -2.40. The van der Waals surface area contributed by atoms with Crippen molar-refractivity contribution in [1.29, 1.82) is 0 Å². The fourth-order valence-electron chi connectivity index (χ4n) is 2.53. The Bertz CT molecular complexity index is 393. The van der Waals surface area contributed by atoms with Crippen molar-refractivity contribution in [3.63, 3.8) is 0 Å². The molecular weight excluding hydrogens is 252 g/mol. The van der Waals surface area contributed by atoms with Gasteiger partial charge in [-0.05, 0) is 19.8 Å². The molecule has 1 aliphatic rings. The Kier molecular flexibility index (Phi) is 4.78. The molecule has 0 radical (unpaired) electrons. The molecule has 5 nitrogen and oxygen atoms in total. The predicted octanol–water partition coefficient (Wildman–Crippen LogP) is 0.397. The number of carbonyl (C=O) groups is 1. The molecule has 0 aromatic heterocycles. The molecule has 6 heteroatoms. The van der Waals surface area contributed by atoms with Gasteiger partial charge in [0.15, 0.2) is 9.84 Å². The van der Waals surface area contributed by atoms with Crippen molar-refractivity contribution in [3.8, 4) is 0 Å². The summed E-state index contributed by atoms with van der Waals surface area (Å²) < 4.78 is 23.0. The van der Waals surface area contributed by atoms with Crippen LogP contribution in [-0.4, -0.2) is 49.9 Å². The van der Waals surface area contributed by atoms with Crippen LogP contribution in [0.4, 0.5) is 0 Å². The van der Waals surface area contributed by atoms with Crippen molar-refractivity contribution in [3.05, 3.63) is 0 Å². The standard InChI is InChI=1S/C12H24N2O3S/c1-4-12(5-2,9-13)11(15)14-6-7-18(16,17)8-10(14)3/h10H,4-9,13H2,1-3H3. The van der Waals surface area contributed by atoms with Gasteiger partial charge in [0, 0.05) is 19.1 Å². The third kappa shape index (κ3) is 2.85. The van der Waals surface area contributed by atoms with E-state index < -0.39 is 15.3 Å². The van der Waals surface area contributed by atoms with Crippen LogP contribution in [0, 0.1) is 5.41 Å². The minimum absolute atomic E-state index is 0.0115. The highest BCUT2D eigenvalue weighted by Gasteiger charge is 2.41. The number of amides is 1. The van der Waals surface area contributed by atoms with Gasteiger partial charge in [-0.25, -0.2) is 8.42 Å². The minimum Gasteiger partial charge on any atom is -0.337 e. The van der Waals surface area contributed by atoms with Gasteiger partial charge in [0.05, 0.1) is 16.9 Å². The maximum Gasteiger partial charge on any atom is 0.230 e. The Morgan fingerprint density at radius 3 is 2.33 bits per heavy atom. The molecule has 0 bridgehead atoms. The van der Waals surface area contributed by atoms with Crippen LogP contribution >= 0.6 is 0 Å². The summed E-state index contributed by atoms with van der Waals surface area (Å²) in [6.07, 6.45) is 1.38. The molecule has 18 heavy (non-hydrogen) atoms. The molecule has 1 heterocycles. The second kappa shape index (κ2) is 5.57. The SMILES string of the molecule is CCC(CC)(CN)C(=O)N1CCS(=O)(=O)CC1C. The predicted molar refractivity (Wildman–Crippen MR) is 71.9 cm³/mol. The molecule has 0 spiro atoms. The molecule has 1 amide bonds. The lowest BCUT2D eigenvalue weighted by molar-refractivity contribution is -0.143. The first-order valence-corrected chi connectivity index (χ1v) is 8.35. The third-order valence-electron chi connectivity index (χ3n) is 4.13. The zero-order valence-corrected chi connectivity index (χ0v) is 12.3. The quantitative estimate of drug-likeness (QED) is 0.806. The lowest BCUT2D eigenvalue weighted by atomic mass is 9.80. The normalized spacial score (nSPS) is 24.0. The van der Waals surface area contributed by atoms with Crippen molar-refractivity contribution in [2.45, 2.75) is 39.7 Å². The topological polar surface area (TPSA) is 80.5 Å². The van der Waals surface area contributed by atoms with Crippen molar-refractivity contribution >= 4 is 15.7 Å². The first-order valence-electron chi connectivity index (χ1n) is 6.53. The molecule has 1 aliphatic heterocycles. The Hall–Kier alpha value is -0.620. The third-order valence-corrected chi connectivity index (χ3v) is 5.92. The van der Waals surface area contributed by atoms with Crippen LogP contribution in [0.25, 0.3) is 0 Å². The van der Waals surface area contributed by atoms with Gasteiger partial charge in [-0.3, -0.25) is 4.79 Å². The molecule has 1 unspecified atom stereocenters. The lowest BCUT2D eigenvalue weighted by Crippen LogP contribution is -2.56. The zero-order chi connectivity index (χ0) is 14.0. The molecule has 2 N–H and O–H groups in total. The average molecular weight is 276 g/mol. The smallest absolute Gasteiger partial charge is 0.230 e. The highest BCUT2D eigenvalue weighted by Crippen LogP contribution is 2.29. The number of sulfone groups is 1. The summed E-state index contributed by atoms with van der Waals surface area (Å²) in [7, 11) is -2.99. The Balaban J connectivity index is 2.91. The second-order valence-corrected chi connectivity index (χ2v) is 7.38. The van der Waals surface area contributed by atoms with Gasteiger partial charge in [0.1, 0.15) is 0 Å². The van der Waals surface area contributed by atoms with E-state index in [0.717, 1.165) is 0 Å². The highest BCUT2D eigenvalue weighted by atomic mass is 32.2. The second-order valence-electron chi connectivity index (χ2n) is 5.15. The number of rotatable bonds is 4. The van der Waals surface area contributed by atoms with Crippen molar-refractivity contribution in [2.24, 2.45) is 11.1 Å². The van der Waals surface area contributed by atoms with E-state index in [-0.39, 0.29) is 23.5 Å². The number of nitrogens with two attached hydrogens (primary N) is 1. The summed E-state index contributed by atoms with van der Waals surface area (Å²) in [5.41, 5.74) is 5.24. The molecule has 106 valence electrons. The van der Waals surface area contributed by atoms with Crippen LogP contribution in [0.3, 0.4) is 0 Å². The number of hydrogen-bond donors (Lipinski definition) is 1. The van der Waals surface area contributed by atoms with Crippen molar-refractivity contribution in [1.82, 2.24) is 4.90 Å². The molecule has 1 fully saturated rings. The Morgan fingerprint density at radius 1 is 1.39 bits per heavy atom. The first kappa shape index (κ1) is 15.4. The van der Waals surface area contributed by atoms with Gasteiger partial charge in [-0.1, -0.05) is 13.8 Å². The van der Waals surface area contributed by atoms with Gasteiger partial charge in [0.25, 0.3) is 0 Å². The first-order chi connectivity index (χ1) is 8.32. The fourth-order valence-corrected chi connectivity index (χ4v) is 4.09. The van der Waals surface area contributed by atoms with Crippen LogP contribution in [0.2, 0.25) is 0 Å². The van der Waals surface area contributed by atoms with Crippen molar-refractivity contribution < 1.29 is 13.2 Å². The van der Waals surface area contributed by atoms with Crippen LogP contribution in [-0.2, 0) is 14.6 Å². The zero-order valence-electron chi connectivity index (χ0n) is 11.5. The van der Waals surface area contributed by atoms with Crippen LogP contribution in [0.5, 0.6) is 0 Å².